The highest BCUT2D eigenvalue weighted by Crippen LogP contribution is 2.32. The van der Waals surface area contributed by atoms with Gasteiger partial charge in [0.2, 0.25) is 0 Å². The maximum Gasteiger partial charge on any atom is 0.317 e. The van der Waals surface area contributed by atoms with Gasteiger partial charge < -0.3 is 29.8 Å². The van der Waals surface area contributed by atoms with E-state index in [2.05, 4.69) is 38.5 Å². The molecule has 2 aliphatic carbocycles. The molecule has 0 aromatic carbocycles. The van der Waals surface area contributed by atoms with Gasteiger partial charge in [0.15, 0.2) is 0 Å². The summed E-state index contributed by atoms with van der Waals surface area (Å²) in [4.78, 5) is 25.8. The zero-order valence-corrected chi connectivity index (χ0v) is 26.2. The Labute approximate surface area is 255 Å². The number of carbonyl (C=O) groups is 1. The summed E-state index contributed by atoms with van der Waals surface area (Å²) >= 11 is 0. The molecule has 0 radical (unpaired) electrons. The average Bonchev–Trinajstić information content (AvgIpc) is 3.27. The van der Waals surface area contributed by atoms with Crippen LogP contribution in [-0.4, -0.2) is 58.4 Å². The van der Waals surface area contributed by atoms with Crippen molar-refractivity contribution in [1.82, 2.24) is 24.8 Å². The van der Waals surface area contributed by atoms with Crippen LogP contribution in [0, 0.1) is 11.8 Å². The molecule has 0 bridgehead atoms. The van der Waals surface area contributed by atoms with Crippen molar-refractivity contribution in [2.45, 2.75) is 77.7 Å². The second kappa shape index (κ2) is 16.3. The largest absolute Gasteiger partial charge is 0.491 e. The van der Waals surface area contributed by atoms with Crippen LogP contribution in [0.5, 0.6) is 6.01 Å². The van der Waals surface area contributed by atoms with Gasteiger partial charge in [-0.3, -0.25) is 4.79 Å². The van der Waals surface area contributed by atoms with E-state index < -0.39 is 0 Å². The zero-order chi connectivity index (χ0) is 30.6. The van der Waals surface area contributed by atoms with Crippen LogP contribution in [-0.2, 0) is 22.9 Å². The minimum Gasteiger partial charge on any atom is -0.491 e. The number of nitrogens with two attached hydrogens (primary N) is 1. The fraction of sp³-hybridized carbons (Fsp3) is 0.576. The quantitative estimate of drug-likeness (QED) is 0.307. The molecule has 3 atom stereocenters. The first-order valence-corrected chi connectivity index (χ1v) is 15.6. The van der Waals surface area contributed by atoms with E-state index in [1.165, 1.54) is 12.8 Å². The molecule has 2 heterocycles. The van der Waals surface area contributed by atoms with Crippen LogP contribution in [0.3, 0.4) is 0 Å². The molecule has 10 heteroatoms. The van der Waals surface area contributed by atoms with E-state index >= 15 is 0 Å². The monoisotopic (exact) mass is 592 g/mol. The Kier molecular flexibility index (Phi) is 12.2. The lowest BCUT2D eigenvalue weighted by atomic mass is 9.93. The summed E-state index contributed by atoms with van der Waals surface area (Å²) in [6, 6.07) is 2.01. The molecule has 1 amide bonds. The van der Waals surface area contributed by atoms with E-state index in [-0.39, 0.29) is 18.0 Å². The first-order valence-electron chi connectivity index (χ1n) is 15.6. The number of aromatic nitrogens is 4. The standard InChI is InChI=1S/C33H48N6O4/c1-5-36-32(40)29-18-27(37-33(38-29)43-23(2)20-41-4)16-15-24-9-8-10-25(14-13-24)21-42-31-17-26(11-6-7-12-28(31)34)30-19-35-22-39(30)3/h11-12,17-19,22-25H,5-10,13-16,20-21,34H2,1-4H3,(H,36,40)/b26-11+,28-12?,31-17?/t23-,24?,25?/m1/s1. The molecule has 2 aliphatic rings. The van der Waals surface area contributed by atoms with Crippen LogP contribution in [0.15, 0.2) is 48.3 Å². The number of hydrogen-bond acceptors (Lipinski definition) is 8. The van der Waals surface area contributed by atoms with E-state index in [4.69, 9.17) is 19.9 Å². The summed E-state index contributed by atoms with van der Waals surface area (Å²) in [6.07, 6.45) is 19.2. The first-order chi connectivity index (χ1) is 20.9. The van der Waals surface area contributed by atoms with Gasteiger partial charge >= 0.3 is 6.01 Å². The summed E-state index contributed by atoms with van der Waals surface area (Å²) in [5.74, 6) is 1.61. The van der Waals surface area contributed by atoms with E-state index in [1.54, 1.807) is 13.2 Å². The molecule has 4 rings (SSSR count). The van der Waals surface area contributed by atoms with Gasteiger partial charge in [-0.1, -0.05) is 31.4 Å². The van der Waals surface area contributed by atoms with Crippen molar-refractivity contribution in [3.05, 3.63) is 65.4 Å². The Hall–Kier alpha value is -3.66. The van der Waals surface area contributed by atoms with Crippen molar-refractivity contribution in [2.75, 3.05) is 26.9 Å². The van der Waals surface area contributed by atoms with Crippen molar-refractivity contribution in [3.63, 3.8) is 0 Å². The highest BCUT2D eigenvalue weighted by molar-refractivity contribution is 5.92. The summed E-state index contributed by atoms with van der Waals surface area (Å²) in [5.41, 5.74) is 10.4. The molecule has 2 aromatic rings. The smallest absolute Gasteiger partial charge is 0.317 e. The van der Waals surface area contributed by atoms with Crippen molar-refractivity contribution in [1.29, 1.82) is 0 Å². The number of ether oxygens (including phenoxy) is 3. The lowest BCUT2D eigenvalue weighted by Gasteiger charge is -2.19. The van der Waals surface area contributed by atoms with Gasteiger partial charge in [-0.25, -0.2) is 9.97 Å². The van der Waals surface area contributed by atoms with Gasteiger partial charge in [0, 0.05) is 26.4 Å². The van der Waals surface area contributed by atoms with Crippen molar-refractivity contribution in [3.8, 4) is 6.01 Å². The molecule has 1 fully saturated rings. The molecule has 2 unspecified atom stereocenters. The Morgan fingerprint density at radius 2 is 1.95 bits per heavy atom. The molecule has 2 aromatic heterocycles. The topological polar surface area (TPSA) is 126 Å². The minimum absolute atomic E-state index is 0.217. The van der Waals surface area contributed by atoms with Gasteiger partial charge in [-0.05, 0) is 81.9 Å². The fourth-order valence-corrected chi connectivity index (χ4v) is 5.74. The molecule has 1 saturated carbocycles. The number of allylic oxidation sites excluding steroid dienone is 4. The predicted octanol–water partition coefficient (Wildman–Crippen LogP) is 5.12. The SMILES string of the molecule is CCNC(=O)c1cc(CCC2CCCC(COC3=C/C(c4cncn4C)=C\CCC=C3N)CC2)nc(O[C@H](C)COC)n1. The Morgan fingerprint density at radius 1 is 1.16 bits per heavy atom. The van der Waals surface area contributed by atoms with Gasteiger partial charge in [-0.15, -0.1) is 0 Å². The van der Waals surface area contributed by atoms with E-state index in [1.807, 2.05) is 38.0 Å². The average molecular weight is 593 g/mol. The summed E-state index contributed by atoms with van der Waals surface area (Å²) in [5, 5.41) is 2.83. The number of aryl methyl sites for hydroxylation is 2. The molecular weight excluding hydrogens is 544 g/mol. The lowest BCUT2D eigenvalue weighted by molar-refractivity contribution is 0.0841. The highest BCUT2D eigenvalue weighted by Gasteiger charge is 2.22. The van der Waals surface area contributed by atoms with Crippen molar-refractivity contribution in [2.24, 2.45) is 24.6 Å². The molecule has 10 nitrogen and oxygen atoms in total. The van der Waals surface area contributed by atoms with Crippen LogP contribution in [0.25, 0.3) is 5.57 Å². The second-order valence-corrected chi connectivity index (χ2v) is 11.7. The molecule has 0 aliphatic heterocycles. The normalized spacial score (nSPS) is 21.3. The molecule has 3 N–H and O–H groups in total. The third kappa shape index (κ3) is 9.68. The minimum atomic E-state index is -0.217. The maximum atomic E-state index is 12.6. The number of nitrogens with one attached hydrogen (secondary N) is 1. The molecule has 234 valence electrons. The van der Waals surface area contributed by atoms with Crippen molar-refractivity contribution >= 4 is 11.5 Å². The Morgan fingerprint density at radius 3 is 2.72 bits per heavy atom. The Bertz CT molecular complexity index is 1300. The number of nitrogens with zero attached hydrogens (tertiary/aromatic N) is 4. The van der Waals surface area contributed by atoms with Crippen molar-refractivity contribution < 1.29 is 19.0 Å². The van der Waals surface area contributed by atoms with Crippen LogP contribution >= 0.6 is 0 Å². The predicted molar refractivity (Wildman–Crippen MR) is 167 cm³/mol. The number of imidazole rings is 1. The van der Waals surface area contributed by atoms with Gasteiger partial charge in [0.25, 0.3) is 5.91 Å². The highest BCUT2D eigenvalue weighted by atomic mass is 16.5. The van der Waals surface area contributed by atoms with E-state index in [0.29, 0.717) is 43.0 Å². The zero-order valence-electron chi connectivity index (χ0n) is 26.2. The van der Waals surface area contributed by atoms with Crippen LogP contribution < -0.4 is 15.8 Å². The number of amides is 1. The number of rotatable bonds is 13. The number of hydrogen-bond donors (Lipinski definition) is 2. The molecular formula is C33H48N6O4. The van der Waals surface area contributed by atoms with Crippen LogP contribution in [0.1, 0.15) is 87.1 Å². The van der Waals surface area contributed by atoms with Gasteiger partial charge in [-0.2, -0.15) is 4.98 Å². The van der Waals surface area contributed by atoms with E-state index in [0.717, 1.165) is 67.7 Å². The Balaban J connectivity index is 1.34. The number of carbonyl (C=O) groups excluding carboxylic acids is 1. The maximum absolute atomic E-state index is 12.6. The molecule has 0 spiro atoms. The van der Waals surface area contributed by atoms with Crippen LogP contribution in [0.2, 0.25) is 0 Å². The van der Waals surface area contributed by atoms with Crippen LogP contribution in [0.4, 0.5) is 0 Å². The molecule has 43 heavy (non-hydrogen) atoms. The summed E-state index contributed by atoms with van der Waals surface area (Å²) < 4.78 is 19.4. The lowest BCUT2D eigenvalue weighted by Crippen LogP contribution is -2.25. The third-order valence-corrected chi connectivity index (χ3v) is 8.11. The summed E-state index contributed by atoms with van der Waals surface area (Å²) in [6.45, 7) is 5.39. The first kappa shape index (κ1) is 32.3. The van der Waals surface area contributed by atoms with Gasteiger partial charge in [0.1, 0.15) is 17.6 Å². The fourth-order valence-electron chi connectivity index (χ4n) is 5.74. The van der Waals surface area contributed by atoms with Gasteiger partial charge in [0.05, 0.1) is 37.1 Å². The second-order valence-electron chi connectivity index (χ2n) is 11.7. The number of methoxy groups -OCH3 is 1. The van der Waals surface area contributed by atoms with E-state index in [9.17, 15) is 4.79 Å². The molecule has 0 saturated heterocycles. The third-order valence-electron chi connectivity index (χ3n) is 8.11. The summed E-state index contributed by atoms with van der Waals surface area (Å²) in [7, 11) is 3.63.